The molecule has 0 saturated heterocycles. The van der Waals surface area contributed by atoms with Crippen LogP contribution in [-0.2, 0) is 4.79 Å². The summed E-state index contributed by atoms with van der Waals surface area (Å²) in [5, 5.41) is 11.6. The highest BCUT2D eigenvalue weighted by Gasteiger charge is 2.20. The van der Waals surface area contributed by atoms with Gasteiger partial charge in [-0.25, -0.2) is 4.79 Å². The molecule has 0 saturated carbocycles. The average Bonchev–Trinajstić information content (AvgIpc) is 2.34. The van der Waals surface area contributed by atoms with Crippen molar-refractivity contribution in [1.82, 2.24) is 5.32 Å². The third-order valence-corrected chi connectivity index (χ3v) is 3.92. The number of halogens is 1. The standard InChI is InChI=1S/C12H14INO3S/c1-18-7-6-10(12(16)17)14-11(15)8-4-2-3-5-9(8)13/h2-5,10H,6-7H2,1H3,(H,14,15)(H,16,17). The second-order valence-electron chi connectivity index (χ2n) is 3.63. The van der Waals surface area contributed by atoms with Crippen LogP contribution < -0.4 is 5.32 Å². The average molecular weight is 379 g/mol. The first-order valence-corrected chi connectivity index (χ1v) is 7.80. The van der Waals surface area contributed by atoms with E-state index in [0.29, 0.717) is 17.7 Å². The molecular weight excluding hydrogens is 365 g/mol. The molecule has 0 aromatic heterocycles. The lowest BCUT2D eigenvalue weighted by molar-refractivity contribution is -0.139. The van der Waals surface area contributed by atoms with Gasteiger partial charge in [-0.05, 0) is 53.2 Å². The monoisotopic (exact) mass is 379 g/mol. The van der Waals surface area contributed by atoms with Crippen LogP contribution in [0.1, 0.15) is 16.8 Å². The second-order valence-corrected chi connectivity index (χ2v) is 5.77. The van der Waals surface area contributed by atoms with Gasteiger partial charge < -0.3 is 10.4 Å². The smallest absolute Gasteiger partial charge is 0.326 e. The molecule has 1 aromatic carbocycles. The number of benzene rings is 1. The normalized spacial score (nSPS) is 11.9. The quantitative estimate of drug-likeness (QED) is 0.744. The lowest BCUT2D eigenvalue weighted by Crippen LogP contribution is -2.41. The topological polar surface area (TPSA) is 66.4 Å². The number of nitrogens with one attached hydrogen (secondary N) is 1. The van der Waals surface area contributed by atoms with Gasteiger partial charge >= 0.3 is 5.97 Å². The molecule has 1 atom stereocenters. The summed E-state index contributed by atoms with van der Waals surface area (Å²) in [5.74, 6) is -0.639. The van der Waals surface area contributed by atoms with E-state index in [1.54, 1.807) is 23.9 Å². The Balaban J connectivity index is 2.72. The van der Waals surface area contributed by atoms with Gasteiger partial charge in [0.1, 0.15) is 6.04 Å². The zero-order chi connectivity index (χ0) is 13.5. The Kier molecular flexibility index (Phi) is 6.48. The summed E-state index contributed by atoms with van der Waals surface area (Å²) in [6.45, 7) is 0. The Morgan fingerprint density at radius 3 is 2.67 bits per heavy atom. The summed E-state index contributed by atoms with van der Waals surface area (Å²) in [6, 6.07) is 6.26. The van der Waals surface area contributed by atoms with Crippen LogP contribution in [0.5, 0.6) is 0 Å². The first-order chi connectivity index (χ1) is 8.56. The van der Waals surface area contributed by atoms with E-state index < -0.39 is 12.0 Å². The molecule has 0 bridgehead atoms. The van der Waals surface area contributed by atoms with Crippen molar-refractivity contribution in [1.29, 1.82) is 0 Å². The fourth-order valence-electron chi connectivity index (χ4n) is 1.37. The van der Waals surface area contributed by atoms with Crippen LogP contribution in [0.3, 0.4) is 0 Å². The summed E-state index contributed by atoms with van der Waals surface area (Å²) in [7, 11) is 0. The first-order valence-electron chi connectivity index (χ1n) is 5.33. The van der Waals surface area contributed by atoms with Crippen molar-refractivity contribution in [3.8, 4) is 0 Å². The number of carbonyl (C=O) groups is 2. The van der Waals surface area contributed by atoms with Crippen molar-refractivity contribution in [3.63, 3.8) is 0 Å². The Morgan fingerprint density at radius 2 is 2.11 bits per heavy atom. The zero-order valence-corrected chi connectivity index (χ0v) is 12.8. The molecule has 0 radical (unpaired) electrons. The van der Waals surface area contributed by atoms with E-state index in [9.17, 15) is 9.59 Å². The maximum Gasteiger partial charge on any atom is 0.326 e. The van der Waals surface area contributed by atoms with Crippen molar-refractivity contribution in [3.05, 3.63) is 33.4 Å². The van der Waals surface area contributed by atoms with Crippen LogP contribution in [0.25, 0.3) is 0 Å². The van der Waals surface area contributed by atoms with Gasteiger partial charge in [-0.3, -0.25) is 4.79 Å². The molecule has 1 aromatic rings. The van der Waals surface area contributed by atoms with Crippen LogP contribution >= 0.6 is 34.4 Å². The number of amides is 1. The van der Waals surface area contributed by atoms with Gasteiger partial charge in [0.05, 0.1) is 5.56 Å². The number of rotatable bonds is 6. The molecule has 6 heteroatoms. The molecule has 0 heterocycles. The third kappa shape index (κ3) is 4.49. The summed E-state index contributed by atoms with van der Waals surface area (Å²) >= 11 is 3.61. The molecule has 2 N–H and O–H groups in total. The molecule has 0 aliphatic heterocycles. The van der Waals surface area contributed by atoms with E-state index in [-0.39, 0.29) is 5.91 Å². The Hall–Kier alpha value is -0.760. The highest BCUT2D eigenvalue weighted by atomic mass is 127. The number of hydrogen-bond acceptors (Lipinski definition) is 3. The first kappa shape index (κ1) is 15.3. The maximum absolute atomic E-state index is 12.0. The molecule has 0 fully saturated rings. The van der Waals surface area contributed by atoms with E-state index in [1.165, 1.54) is 0 Å². The number of carboxylic acids is 1. The molecule has 1 rings (SSSR count). The second kappa shape index (κ2) is 7.63. The Morgan fingerprint density at radius 1 is 1.44 bits per heavy atom. The number of carboxylic acid groups (broad SMARTS) is 1. The van der Waals surface area contributed by atoms with Crippen molar-refractivity contribution < 1.29 is 14.7 Å². The fraction of sp³-hybridized carbons (Fsp3) is 0.333. The summed E-state index contributed by atoms with van der Waals surface area (Å²) < 4.78 is 0.807. The van der Waals surface area contributed by atoms with E-state index in [4.69, 9.17) is 5.11 Å². The van der Waals surface area contributed by atoms with Gasteiger partial charge in [-0.2, -0.15) is 11.8 Å². The fourth-order valence-corrected chi connectivity index (χ4v) is 2.48. The number of carbonyl (C=O) groups excluding carboxylic acids is 1. The van der Waals surface area contributed by atoms with E-state index in [2.05, 4.69) is 27.9 Å². The molecular formula is C12H14INO3S. The summed E-state index contributed by atoms with van der Waals surface area (Å²) in [6.07, 6.45) is 2.33. The molecule has 0 aliphatic rings. The molecule has 18 heavy (non-hydrogen) atoms. The van der Waals surface area contributed by atoms with E-state index in [0.717, 1.165) is 3.57 Å². The highest BCUT2D eigenvalue weighted by molar-refractivity contribution is 14.1. The van der Waals surface area contributed by atoms with Crippen LogP contribution in [0, 0.1) is 3.57 Å². The van der Waals surface area contributed by atoms with Crippen LogP contribution in [0.2, 0.25) is 0 Å². The van der Waals surface area contributed by atoms with Gasteiger partial charge in [0.15, 0.2) is 0 Å². The van der Waals surface area contributed by atoms with Gasteiger partial charge in [-0.15, -0.1) is 0 Å². The van der Waals surface area contributed by atoms with Crippen LogP contribution in [0.4, 0.5) is 0 Å². The largest absolute Gasteiger partial charge is 0.480 e. The number of aliphatic carboxylic acids is 1. The van der Waals surface area contributed by atoms with Crippen molar-refractivity contribution in [2.45, 2.75) is 12.5 Å². The van der Waals surface area contributed by atoms with Crippen molar-refractivity contribution >= 4 is 46.2 Å². The number of thioether (sulfide) groups is 1. The molecule has 0 spiro atoms. The summed E-state index contributed by atoms with van der Waals surface area (Å²) in [5.41, 5.74) is 0.508. The van der Waals surface area contributed by atoms with Crippen molar-refractivity contribution in [2.75, 3.05) is 12.0 Å². The van der Waals surface area contributed by atoms with Gasteiger partial charge in [-0.1, -0.05) is 12.1 Å². The van der Waals surface area contributed by atoms with Crippen LogP contribution in [-0.4, -0.2) is 35.0 Å². The molecule has 1 amide bonds. The third-order valence-electron chi connectivity index (χ3n) is 2.33. The molecule has 98 valence electrons. The zero-order valence-electron chi connectivity index (χ0n) is 9.85. The van der Waals surface area contributed by atoms with Crippen LogP contribution in [0.15, 0.2) is 24.3 Å². The van der Waals surface area contributed by atoms with Crippen molar-refractivity contribution in [2.24, 2.45) is 0 Å². The SMILES string of the molecule is CSCCC(NC(=O)c1ccccc1I)C(=O)O. The molecule has 4 nitrogen and oxygen atoms in total. The predicted molar refractivity (Wildman–Crippen MR) is 81.0 cm³/mol. The summed E-state index contributed by atoms with van der Waals surface area (Å²) in [4.78, 5) is 23.0. The Bertz CT molecular complexity index is 439. The lowest BCUT2D eigenvalue weighted by atomic mass is 10.1. The van der Waals surface area contributed by atoms with Gasteiger partial charge in [0.25, 0.3) is 5.91 Å². The minimum Gasteiger partial charge on any atom is -0.480 e. The van der Waals surface area contributed by atoms with Gasteiger partial charge in [0.2, 0.25) is 0 Å². The predicted octanol–water partition coefficient (Wildman–Crippen LogP) is 2.23. The Labute approximate surface area is 124 Å². The lowest BCUT2D eigenvalue weighted by Gasteiger charge is -2.14. The minimum absolute atomic E-state index is 0.339. The molecule has 1 unspecified atom stereocenters. The highest BCUT2D eigenvalue weighted by Crippen LogP contribution is 2.12. The van der Waals surface area contributed by atoms with E-state index >= 15 is 0 Å². The molecule has 0 aliphatic carbocycles. The maximum atomic E-state index is 12.0. The van der Waals surface area contributed by atoms with Gasteiger partial charge in [0, 0.05) is 3.57 Å². The van der Waals surface area contributed by atoms with E-state index in [1.807, 2.05) is 18.4 Å². The number of hydrogen-bond donors (Lipinski definition) is 2. The minimum atomic E-state index is -0.997.